The Bertz CT molecular complexity index is 906. The van der Waals surface area contributed by atoms with Crippen LogP contribution in [0.1, 0.15) is 17.5 Å². The number of nitrogens with zero attached hydrogens (tertiary/aromatic N) is 1. The number of aryl methyl sites for hydroxylation is 1. The van der Waals surface area contributed by atoms with Gasteiger partial charge in [0, 0.05) is 17.2 Å². The summed E-state index contributed by atoms with van der Waals surface area (Å²) in [5.41, 5.74) is 4.07. The van der Waals surface area contributed by atoms with E-state index in [4.69, 9.17) is 16.0 Å². The molecule has 0 radical (unpaired) electrons. The lowest BCUT2D eigenvalue weighted by molar-refractivity contribution is -0.120. The van der Waals surface area contributed by atoms with Crippen molar-refractivity contribution < 1.29 is 9.21 Å². The van der Waals surface area contributed by atoms with Gasteiger partial charge < -0.3 is 9.73 Å². The molecule has 126 valence electrons. The van der Waals surface area contributed by atoms with E-state index in [1.165, 1.54) is 17.5 Å². The third kappa shape index (κ3) is 3.30. The maximum atomic E-state index is 12.6. The average Bonchev–Trinajstić information content (AvgIpc) is 3.15. The smallest absolute Gasteiger partial charge is 0.227 e. The normalized spacial score (nSPS) is 16.3. The number of hydrogen-bond acceptors (Lipinski definition) is 3. The highest BCUT2D eigenvalue weighted by molar-refractivity contribution is 6.33. The molecule has 1 aromatic heterocycles. The minimum Gasteiger partial charge on any atom is -0.443 e. The number of amides is 1. The zero-order valence-electron chi connectivity index (χ0n) is 13.5. The molecule has 3 aromatic rings. The first-order valence-corrected chi connectivity index (χ1v) is 8.64. The molecule has 1 N–H and O–H groups in total. The predicted octanol–water partition coefficient (Wildman–Crippen LogP) is 4.74. The predicted molar refractivity (Wildman–Crippen MR) is 97.5 cm³/mol. The Balaban J connectivity index is 1.47. The number of hydrogen-bond donors (Lipinski definition) is 1. The molecule has 1 aliphatic rings. The highest BCUT2D eigenvalue weighted by Crippen LogP contribution is 2.31. The van der Waals surface area contributed by atoms with E-state index in [0.717, 1.165) is 24.8 Å². The number of oxazole rings is 1. The van der Waals surface area contributed by atoms with Crippen molar-refractivity contribution in [2.24, 2.45) is 5.92 Å². The number of halogens is 1. The van der Waals surface area contributed by atoms with E-state index in [9.17, 15) is 4.79 Å². The Morgan fingerprint density at radius 3 is 2.80 bits per heavy atom. The van der Waals surface area contributed by atoms with E-state index in [0.29, 0.717) is 16.5 Å². The number of anilines is 1. The highest BCUT2D eigenvalue weighted by Gasteiger charge is 2.24. The number of aromatic nitrogens is 1. The molecule has 1 heterocycles. The molecule has 0 spiro atoms. The molecule has 0 saturated heterocycles. The standard InChI is InChI=1S/C20H17ClN2O2/c21-18-10-16(7-8-17(18)19-11-22-12-25-19)23-20(24)15-6-5-13-3-1-2-4-14(13)9-15/h1-4,7-8,10-12,15H,5-6,9H2,(H,23,24). The Labute approximate surface area is 150 Å². The first kappa shape index (κ1) is 15.9. The number of rotatable bonds is 3. The summed E-state index contributed by atoms with van der Waals surface area (Å²) in [6.07, 6.45) is 5.57. The van der Waals surface area contributed by atoms with Crippen LogP contribution in [0.4, 0.5) is 5.69 Å². The first-order valence-electron chi connectivity index (χ1n) is 8.27. The molecule has 0 fully saturated rings. The zero-order valence-corrected chi connectivity index (χ0v) is 14.3. The number of carbonyl (C=O) groups is 1. The molecule has 5 heteroatoms. The molecule has 25 heavy (non-hydrogen) atoms. The second-order valence-electron chi connectivity index (χ2n) is 6.26. The molecular weight excluding hydrogens is 336 g/mol. The fourth-order valence-electron chi connectivity index (χ4n) is 3.31. The molecule has 1 unspecified atom stereocenters. The van der Waals surface area contributed by atoms with Crippen LogP contribution < -0.4 is 5.32 Å². The van der Waals surface area contributed by atoms with Crippen LogP contribution in [0.5, 0.6) is 0 Å². The molecule has 0 saturated carbocycles. The number of fused-ring (bicyclic) bond motifs is 1. The van der Waals surface area contributed by atoms with Crippen molar-refractivity contribution in [3.8, 4) is 11.3 Å². The van der Waals surface area contributed by atoms with Gasteiger partial charge in [-0.2, -0.15) is 0 Å². The monoisotopic (exact) mass is 352 g/mol. The molecule has 0 aliphatic heterocycles. The molecular formula is C20H17ClN2O2. The largest absolute Gasteiger partial charge is 0.443 e. The van der Waals surface area contributed by atoms with E-state index in [-0.39, 0.29) is 11.8 Å². The fourth-order valence-corrected chi connectivity index (χ4v) is 3.58. The lowest BCUT2D eigenvalue weighted by atomic mass is 9.83. The summed E-state index contributed by atoms with van der Waals surface area (Å²) >= 11 is 6.32. The van der Waals surface area contributed by atoms with E-state index in [1.807, 2.05) is 18.2 Å². The molecule has 1 atom stereocenters. The van der Waals surface area contributed by atoms with E-state index < -0.39 is 0 Å². The van der Waals surface area contributed by atoms with Gasteiger partial charge in [0.1, 0.15) is 0 Å². The Hall–Kier alpha value is -2.59. The van der Waals surface area contributed by atoms with Crippen LogP contribution in [-0.4, -0.2) is 10.9 Å². The third-order valence-electron chi connectivity index (χ3n) is 4.65. The second kappa shape index (κ2) is 6.73. The quantitative estimate of drug-likeness (QED) is 0.740. The molecule has 0 bridgehead atoms. The van der Waals surface area contributed by atoms with Crippen LogP contribution in [0.3, 0.4) is 0 Å². The van der Waals surface area contributed by atoms with Gasteiger partial charge in [0.2, 0.25) is 5.91 Å². The van der Waals surface area contributed by atoms with E-state index in [1.54, 1.807) is 12.3 Å². The highest BCUT2D eigenvalue weighted by atomic mass is 35.5. The van der Waals surface area contributed by atoms with Crippen LogP contribution in [-0.2, 0) is 17.6 Å². The summed E-state index contributed by atoms with van der Waals surface area (Å²) in [6, 6.07) is 13.7. The van der Waals surface area contributed by atoms with Gasteiger partial charge in [0.15, 0.2) is 12.2 Å². The van der Waals surface area contributed by atoms with Gasteiger partial charge in [-0.05, 0) is 48.6 Å². The first-order chi connectivity index (χ1) is 12.2. The number of nitrogens with one attached hydrogen (secondary N) is 1. The Morgan fingerprint density at radius 2 is 2.04 bits per heavy atom. The maximum Gasteiger partial charge on any atom is 0.227 e. The van der Waals surface area contributed by atoms with Gasteiger partial charge in [-0.25, -0.2) is 4.98 Å². The zero-order chi connectivity index (χ0) is 17.2. The van der Waals surface area contributed by atoms with Gasteiger partial charge in [-0.15, -0.1) is 0 Å². The van der Waals surface area contributed by atoms with Gasteiger partial charge in [-0.1, -0.05) is 35.9 Å². The third-order valence-corrected chi connectivity index (χ3v) is 4.96. The van der Waals surface area contributed by atoms with E-state index >= 15 is 0 Å². The Morgan fingerprint density at radius 1 is 1.20 bits per heavy atom. The van der Waals surface area contributed by atoms with Crippen molar-refractivity contribution in [1.82, 2.24) is 4.98 Å². The topological polar surface area (TPSA) is 55.1 Å². The minimum atomic E-state index is -0.0115. The van der Waals surface area contributed by atoms with Gasteiger partial charge in [-0.3, -0.25) is 4.79 Å². The molecule has 2 aromatic carbocycles. The van der Waals surface area contributed by atoms with Crippen molar-refractivity contribution in [3.63, 3.8) is 0 Å². The lowest BCUT2D eigenvalue weighted by Crippen LogP contribution is -2.28. The van der Waals surface area contributed by atoms with E-state index in [2.05, 4.69) is 28.5 Å². The molecule has 4 rings (SSSR count). The van der Waals surface area contributed by atoms with Gasteiger partial charge >= 0.3 is 0 Å². The minimum absolute atomic E-state index is 0.0115. The summed E-state index contributed by atoms with van der Waals surface area (Å²) in [4.78, 5) is 16.5. The van der Waals surface area contributed by atoms with Crippen LogP contribution >= 0.6 is 11.6 Å². The lowest BCUT2D eigenvalue weighted by Gasteiger charge is -2.23. The second-order valence-corrected chi connectivity index (χ2v) is 6.67. The van der Waals surface area contributed by atoms with Crippen LogP contribution in [0.15, 0.2) is 59.5 Å². The molecule has 4 nitrogen and oxygen atoms in total. The summed E-state index contributed by atoms with van der Waals surface area (Å²) < 4.78 is 5.27. The van der Waals surface area contributed by atoms with Crippen LogP contribution in [0, 0.1) is 5.92 Å². The molecule has 1 amide bonds. The van der Waals surface area contributed by atoms with Crippen LogP contribution in [0.25, 0.3) is 11.3 Å². The SMILES string of the molecule is O=C(Nc1ccc(-c2cnco2)c(Cl)c1)C1CCc2ccccc2C1. The van der Waals surface area contributed by atoms with Crippen molar-refractivity contribution in [2.75, 3.05) is 5.32 Å². The summed E-state index contributed by atoms with van der Waals surface area (Å²) in [5.74, 6) is 0.632. The van der Waals surface area contributed by atoms with Crippen LogP contribution in [0.2, 0.25) is 5.02 Å². The molecule has 1 aliphatic carbocycles. The van der Waals surface area contributed by atoms with Crippen molar-refractivity contribution in [2.45, 2.75) is 19.3 Å². The van der Waals surface area contributed by atoms with Crippen molar-refractivity contribution in [1.29, 1.82) is 0 Å². The summed E-state index contributed by atoms with van der Waals surface area (Å²) in [6.45, 7) is 0. The summed E-state index contributed by atoms with van der Waals surface area (Å²) in [7, 11) is 0. The Kier molecular flexibility index (Phi) is 4.28. The average molecular weight is 353 g/mol. The van der Waals surface area contributed by atoms with Gasteiger partial charge in [0.05, 0.1) is 11.2 Å². The maximum absolute atomic E-state index is 12.6. The fraction of sp³-hybridized carbons (Fsp3) is 0.200. The van der Waals surface area contributed by atoms with Gasteiger partial charge in [0.25, 0.3) is 0 Å². The van der Waals surface area contributed by atoms with Crippen molar-refractivity contribution in [3.05, 3.63) is 71.2 Å². The van der Waals surface area contributed by atoms with Crippen molar-refractivity contribution >= 4 is 23.2 Å². The number of benzene rings is 2. The number of carbonyl (C=O) groups excluding carboxylic acids is 1. The summed E-state index contributed by atoms with van der Waals surface area (Å²) in [5, 5.41) is 3.50.